The maximum Gasteiger partial charge on any atom is 0.276 e. The van der Waals surface area contributed by atoms with E-state index in [2.05, 4.69) is 15.7 Å². The number of benzene rings is 1. The zero-order valence-electron chi connectivity index (χ0n) is 15.5. The van der Waals surface area contributed by atoms with E-state index < -0.39 is 0 Å². The summed E-state index contributed by atoms with van der Waals surface area (Å²) < 4.78 is 1.74. The fourth-order valence-electron chi connectivity index (χ4n) is 2.29. The highest BCUT2D eigenvalue weighted by atomic mass is 16.2. The Morgan fingerprint density at radius 3 is 2.44 bits per heavy atom. The lowest BCUT2D eigenvalue weighted by molar-refractivity contribution is 0.0938. The number of aryl methyl sites for hydroxylation is 1. The van der Waals surface area contributed by atoms with Gasteiger partial charge in [-0.2, -0.15) is 5.10 Å². The van der Waals surface area contributed by atoms with Crippen LogP contribution in [0, 0.1) is 6.92 Å². The van der Waals surface area contributed by atoms with Gasteiger partial charge in [0.05, 0.1) is 0 Å². The molecule has 0 spiro atoms. The van der Waals surface area contributed by atoms with E-state index in [1.54, 1.807) is 35.1 Å². The number of carbonyl (C=O) groups excluding carboxylic acids is 2. The molecule has 1 aromatic carbocycles. The molecule has 0 aliphatic heterocycles. The van der Waals surface area contributed by atoms with Crippen molar-refractivity contribution in [3.05, 3.63) is 47.3 Å². The van der Waals surface area contributed by atoms with Crippen LogP contribution in [0.5, 0.6) is 0 Å². The molecule has 1 atom stereocenters. The summed E-state index contributed by atoms with van der Waals surface area (Å²) in [4.78, 5) is 24.5. The molecule has 6 nitrogen and oxygen atoms in total. The van der Waals surface area contributed by atoms with Crippen LogP contribution in [0.15, 0.2) is 30.5 Å². The predicted molar refractivity (Wildman–Crippen MR) is 99.0 cm³/mol. The molecule has 2 rings (SSSR count). The molecule has 2 aromatic rings. The monoisotopic (exact) mass is 342 g/mol. The minimum atomic E-state index is -0.265. The first-order chi connectivity index (χ1) is 11.8. The average Bonchev–Trinajstić information content (AvgIpc) is 3.06. The molecule has 1 aromatic heterocycles. The normalized spacial score (nSPS) is 12.1. The molecule has 0 aliphatic rings. The molecule has 2 amide bonds. The molecule has 0 unspecified atom stereocenters. The van der Waals surface area contributed by atoms with Gasteiger partial charge in [-0.05, 0) is 63.9 Å². The number of nitrogens with one attached hydrogen (secondary N) is 2. The van der Waals surface area contributed by atoms with Gasteiger partial charge in [-0.1, -0.05) is 6.92 Å². The van der Waals surface area contributed by atoms with Gasteiger partial charge in [0.15, 0.2) is 5.69 Å². The summed E-state index contributed by atoms with van der Waals surface area (Å²) in [5.41, 5.74) is 2.45. The second kappa shape index (κ2) is 7.96. The summed E-state index contributed by atoms with van der Waals surface area (Å²) in [5.74, 6) is -0.370. The lowest BCUT2D eigenvalue weighted by Gasteiger charge is -2.13. The highest BCUT2D eigenvalue weighted by Crippen LogP contribution is 2.18. The van der Waals surface area contributed by atoms with Crippen molar-refractivity contribution in [1.29, 1.82) is 0 Å². The van der Waals surface area contributed by atoms with Gasteiger partial charge in [0.25, 0.3) is 11.8 Å². The summed E-state index contributed by atoms with van der Waals surface area (Å²) in [6, 6.07) is 7.26. The Balaban J connectivity index is 2.09. The largest absolute Gasteiger partial charge is 0.350 e. The summed E-state index contributed by atoms with van der Waals surface area (Å²) in [6.45, 7) is 9.86. The molecule has 0 aliphatic carbocycles. The van der Waals surface area contributed by atoms with Gasteiger partial charge < -0.3 is 10.6 Å². The van der Waals surface area contributed by atoms with Crippen LogP contribution in [0.25, 0.3) is 0 Å². The van der Waals surface area contributed by atoms with Crippen molar-refractivity contribution in [3.8, 4) is 0 Å². The minimum absolute atomic E-state index is 0.106. The first-order valence-electron chi connectivity index (χ1n) is 8.59. The van der Waals surface area contributed by atoms with Gasteiger partial charge in [0, 0.05) is 29.5 Å². The topological polar surface area (TPSA) is 76.0 Å². The molecule has 2 N–H and O–H groups in total. The van der Waals surface area contributed by atoms with Crippen LogP contribution < -0.4 is 10.6 Å². The Hall–Kier alpha value is -2.63. The third-order valence-electron chi connectivity index (χ3n) is 4.10. The second-order valence-corrected chi connectivity index (χ2v) is 6.54. The number of rotatable bonds is 6. The van der Waals surface area contributed by atoms with Crippen molar-refractivity contribution in [2.75, 3.05) is 5.32 Å². The second-order valence-electron chi connectivity index (χ2n) is 6.54. The number of nitrogens with zero attached hydrogens (tertiary/aromatic N) is 2. The number of anilines is 1. The number of hydrogen-bond donors (Lipinski definition) is 2. The van der Waals surface area contributed by atoms with Crippen LogP contribution >= 0.6 is 0 Å². The van der Waals surface area contributed by atoms with Crippen LogP contribution in [-0.2, 0) is 0 Å². The van der Waals surface area contributed by atoms with Gasteiger partial charge >= 0.3 is 0 Å². The molecular formula is C19H26N4O2. The molecule has 0 saturated carbocycles. The van der Waals surface area contributed by atoms with Crippen LogP contribution in [0.3, 0.4) is 0 Å². The highest BCUT2D eigenvalue weighted by molar-refractivity contribution is 6.03. The molecule has 0 radical (unpaired) electrons. The molecule has 0 saturated heterocycles. The van der Waals surface area contributed by atoms with Crippen LogP contribution in [0.4, 0.5) is 5.69 Å². The molecule has 25 heavy (non-hydrogen) atoms. The van der Waals surface area contributed by atoms with Crippen molar-refractivity contribution in [2.45, 2.75) is 53.1 Å². The first-order valence-corrected chi connectivity index (χ1v) is 8.59. The molecule has 0 bridgehead atoms. The van der Waals surface area contributed by atoms with Gasteiger partial charge in [-0.15, -0.1) is 0 Å². The Morgan fingerprint density at radius 1 is 1.16 bits per heavy atom. The summed E-state index contributed by atoms with van der Waals surface area (Å²) in [6.07, 6.45) is 2.66. The van der Waals surface area contributed by atoms with Gasteiger partial charge in [-0.3, -0.25) is 14.3 Å². The number of hydrogen-bond acceptors (Lipinski definition) is 3. The van der Waals surface area contributed by atoms with Gasteiger partial charge in [0.1, 0.15) is 0 Å². The third kappa shape index (κ3) is 4.68. The number of aromatic nitrogens is 2. The molecule has 0 fully saturated rings. The van der Waals surface area contributed by atoms with E-state index in [9.17, 15) is 9.59 Å². The summed E-state index contributed by atoms with van der Waals surface area (Å²) >= 11 is 0. The van der Waals surface area contributed by atoms with E-state index >= 15 is 0 Å². The quantitative estimate of drug-likeness (QED) is 0.843. The zero-order chi connectivity index (χ0) is 18.6. The summed E-state index contributed by atoms with van der Waals surface area (Å²) in [5, 5.41) is 10.0. The lowest BCUT2D eigenvalue weighted by Crippen LogP contribution is -2.31. The van der Waals surface area contributed by atoms with Crippen molar-refractivity contribution < 1.29 is 9.59 Å². The Bertz CT molecular complexity index is 765. The highest BCUT2D eigenvalue weighted by Gasteiger charge is 2.14. The SMILES string of the molecule is CC[C@@H](C)NC(=O)c1ccc(NC(=O)c2ccn(C(C)C)n2)c(C)c1. The lowest BCUT2D eigenvalue weighted by atomic mass is 10.1. The van der Waals surface area contributed by atoms with Gasteiger partial charge in [0.2, 0.25) is 0 Å². The minimum Gasteiger partial charge on any atom is -0.350 e. The molecule has 1 heterocycles. The maximum absolute atomic E-state index is 12.3. The van der Waals surface area contributed by atoms with E-state index in [1.807, 2.05) is 34.6 Å². The Labute approximate surface area is 148 Å². The van der Waals surface area contributed by atoms with Crippen molar-refractivity contribution in [1.82, 2.24) is 15.1 Å². The average molecular weight is 342 g/mol. The van der Waals surface area contributed by atoms with Crippen LogP contribution in [-0.4, -0.2) is 27.6 Å². The Morgan fingerprint density at radius 2 is 1.88 bits per heavy atom. The van der Waals surface area contributed by atoms with Crippen molar-refractivity contribution in [2.24, 2.45) is 0 Å². The smallest absolute Gasteiger partial charge is 0.276 e. The molecule has 6 heteroatoms. The summed E-state index contributed by atoms with van der Waals surface area (Å²) in [7, 11) is 0. The fourth-order valence-corrected chi connectivity index (χ4v) is 2.29. The fraction of sp³-hybridized carbons (Fsp3) is 0.421. The zero-order valence-corrected chi connectivity index (χ0v) is 15.5. The van der Waals surface area contributed by atoms with E-state index in [0.717, 1.165) is 12.0 Å². The number of carbonyl (C=O) groups is 2. The van der Waals surface area contributed by atoms with E-state index in [0.29, 0.717) is 16.9 Å². The van der Waals surface area contributed by atoms with Crippen molar-refractivity contribution >= 4 is 17.5 Å². The van der Waals surface area contributed by atoms with Crippen molar-refractivity contribution in [3.63, 3.8) is 0 Å². The van der Waals surface area contributed by atoms with E-state index in [4.69, 9.17) is 0 Å². The standard InChI is InChI=1S/C19H26N4O2/c1-6-14(5)20-18(24)15-7-8-16(13(4)11-15)21-19(25)17-9-10-23(22-17)12(2)3/h7-12,14H,6H2,1-5H3,(H,20,24)(H,21,25)/t14-/m1/s1. The van der Waals surface area contributed by atoms with E-state index in [-0.39, 0.29) is 23.9 Å². The van der Waals surface area contributed by atoms with Crippen LogP contribution in [0.2, 0.25) is 0 Å². The third-order valence-corrected chi connectivity index (χ3v) is 4.10. The van der Waals surface area contributed by atoms with E-state index in [1.165, 1.54) is 0 Å². The van der Waals surface area contributed by atoms with Gasteiger partial charge in [-0.25, -0.2) is 0 Å². The van der Waals surface area contributed by atoms with Crippen LogP contribution in [0.1, 0.15) is 66.6 Å². The predicted octanol–water partition coefficient (Wildman–Crippen LogP) is 3.55. The first kappa shape index (κ1) is 18.7. The number of amides is 2. The molecular weight excluding hydrogens is 316 g/mol. The molecule has 134 valence electrons. The maximum atomic E-state index is 12.3. The Kier molecular flexibility index (Phi) is 5.96.